The molecule has 3 N–H and O–H groups in total. The Morgan fingerprint density at radius 1 is 0.708 bits per heavy atom. The Balaban J connectivity index is 1.66. The number of nitrogens with zero attached hydrogens (tertiary/aromatic N) is 2. The zero-order chi connectivity index (χ0) is 16.8. The Bertz CT molecular complexity index is 841. The van der Waals surface area contributed by atoms with Crippen molar-refractivity contribution in [1.82, 2.24) is 0 Å². The molecule has 5 heteroatoms. The van der Waals surface area contributed by atoms with E-state index in [9.17, 15) is 0 Å². The maximum Gasteiger partial charge on any atom is 0.103 e. The van der Waals surface area contributed by atoms with Gasteiger partial charge in [-0.1, -0.05) is 30.4 Å². The first-order valence-electron chi connectivity index (χ1n) is 7.44. The van der Waals surface area contributed by atoms with Gasteiger partial charge in [-0.3, -0.25) is 0 Å². The predicted octanol–water partition coefficient (Wildman–Crippen LogP) is 5.48. The third-order valence-corrected chi connectivity index (χ3v) is 3.60. The second-order valence-electron chi connectivity index (χ2n) is 5.15. The molecule has 3 aromatic rings. The van der Waals surface area contributed by atoms with E-state index >= 15 is 0 Å². The summed E-state index contributed by atoms with van der Waals surface area (Å²) in [6.07, 6.45) is 0. The fourth-order valence-electron chi connectivity index (χ4n) is 2.11. The van der Waals surface area contributed by atoms with Crippen LogP contribution in [0.1, 0.15) is 5.56 Å². The number of rotatable bonds is 5. The van der Waals surface area contributed by atoms with Crippen LogP contribution in [0.3, 0.4) is 0 Å². The van der Waals surface area contributed by atoms with E-state index in [4.69, 9.17) is 18.0 Å². The van der Waals surface area contributed by atoms with Crippen molar-refractivity contribution >= 4 is 40.0 Å². The van der Waals surface area contributed by atoms with Crippen molar-refractivity contribution in [3.8, 4) is 0 Å². The molecule has 24 heavy (non-hydrogen) atoms. The summed E-state index contributed by atoms with van der Waals surface area (Å²) < 4.78 is 0. The van der Waals surface area contributed by atoms with Crippen LogP contribution in [0.2, 0.25) is 0 Å². The Kier molecular flexibility index (Phi) is 4.93. The van der Waals surface area contributed by atoms with Crippen LogP contribution in [-0.4, -0.2) is 4.99 Å². The number of hydrogen-bond acceptors (Lipinski definition) is 4. The molecule has 0 saturated carbocycles. The molecule has 0 bridgehead atoms. The standard InChI is InChI=1S/C19H16N4S/c20-19(24)14-6-8-17(9-7-14)22-23-18-12-10-16(11-13-18)21-15-4-2-1-3-5-15/h1-13,21H,(H2,20,24). The summed E-state index contributed by atoms with van der Waals surface area (Å²) in [5, 5.41) is 11.8. The normalized spacial score (nSPS) is 10.7. The summed E-state index contributed by atoms with van der Waals surface area (Å²) in [6.45, 7) is 0. The Morgan fingerprint density at radius 2 is 1.21 bits per heavy atom. The van der Waals surface area contributed by atoms with Gasteiger partial charge in [-0.05, 0) is 60.7 Å². The molecule has 0 aliphatic heterocycles. The molecule has 0 radical (unpaired) electrons. The minimum absolute atomic E-state index is 0.375. The minimum Gasteiger partial charge on any atom is -0.389 e. The maximum atomic E-state index is 5.57. The van der Waals surface area contributed by atoms with E-state index < -0.39 is 0 Å². The smallest absolute Gasteiger partial charge is 0.103 e. The first-order chi connectivity index (χ1) is 11.7. The lowest BCUT2D eigenvalue weighted by atomic mass is 10.2. The van der Waals surface area contributed by atoms with Crippen LogP contribution in [0.15, 0.2) is 89.1 Å². The van der Waals surface area contributed by atoms with E-state index in [1.54, 1.807) is 0 Å². The van der Waals surface area contributed by atoms with Gasteiger partial charge in [0, 0.05) is 16.9 Å². The van der Waals surface area contributed by atoms with E-state index in [1.165, 1.54) is 0 Å². The second kappa shape index (κ2) is 7.48. The summed E-state index contributed by atoms with van der Waals surface area (Å²) in [5.41, 5.74) is 9.97. The van der Waals surface area contributed by atoms with E-state index in [0.29, 0.717) is 4.99 Å². The van der Waals surface area contributed by atoms with E-state index in [2.05, 4.69) is 15.5 Å². The van der Waals surface area contributed by atoms with Crippen molar-refractivity contribution in [2.24, 2.45) is 16.0 Å². The lowest BCUT2D eigenvalue weighted by molar-refractivity contribution is 1.23. The molecular weight excluding hydrogens is 316 g/mol. The topological polar surface area (TPSA) is 62.8 Å². The summed E-state index contributed by atoms with van der Waals surface area (Å²) >= 11 is 4.92. The number of nitrogens with one attached hydrogen (secondary N) is 1. The average Bonchev–Trinajstić information content (AvgIpc) is 2.62. The van der Waals surface area contributed by atoms with E-state index in [-0.39, 0.29) is 0 Å². The van der Waals surface area contributed by atoms with Crippen LogP contribution in [0.25, 0.3) is 0 Å². The number of hydrogen-bond donors (Lipinski definition) is 2. The molecule has 0 saturated heterocycles. The van der Waals surface area contributed by atoms with Crippen molar-refractivity contribution < 1.29 is 0 Å². The highest BCUT2D eigenvalue weighted by Gasteiger charge is 1.97. The predicted molar refractivity (Wildman–Crippen MR) is 103 cm³/mol. The molecule has 0 aliphatic carbocycles. The summed E-state index contributed by atoms with van der Waals surface area (Å²) in [5.74, 6) is 0. The monoisotopic (exact) mass is 332 g/mol. The SMILES string of the molecule is NC(=S)c1ccc(N=Nc2ccc(Nc3ccccc3)cc2)cc1. The highest BCUT2D eigenvalue weighted by atomic mass is 32.1. The highest BCUT2D eigenvalue weighted by Crippen LogP contribution is 2.22. The van der Waals surface area contributed by atoms with Crippen molar-refractivity contribution in [3.05, 3.63) is 84.4 Å². The van der Waals surface area contributed by atoms with Crippen LogP contribution in [-0.2, 0) is 0 Å². The number of para-hydroxylation sites is 1. The van der Waals surface area contributed by atoms with Crippen LogP contribution in [0.5, 0.6) is 0 Å². The third-order valence-electron chi connectivity index (χ3n) is 3.36. The lowest BCUT2D eigenvalue weighted by Gasteiger charge is -2.05. The van der Waals surface area contributed by atoms with Crippen LogP contribution in [0, 0.1) is 0 Å². The molecule has 0 heterocycles. The third kappa shape index (κ3) is 4.24. The van der Waals surface area contributed by atoms with Gasteiger partial charge in [0.15, 0.2) is 0 Å². The Morgan fingerprint density at radius 3 is 1.75 bits per heavy atom. The number of nitrogens with two attached hydrogens (primary N) is 1. The van der Waals surface area contributed by atoms with Gasteiger partial charge in [-0.2, -0.15) is 10.2 Å². The Labute approximate surface area is 146 Å². The molecule has 118 valence electrons. The fraction of sp³-hybridized carbons (Fsp3) is 0. The molecule has 3 rings (SSSR count). The van der Waals surface area contributed by atoms with Crippen LogP contribution < -0.4 is 11.1 Å². The van der Waals surface area contributed by atoms with Gasteiger partial charge in [0.25, 0.3) is 0 Å². The number of anilines is 2. The van der Waals surface area contributed by atoms with Gasteiger partial charge in [0.05, 0.1) is 11.4 Å². The molecule has 0 unspecified atom stereocenters. The first-order valence-corrected chi connectivity index (χ1v) is 7.85. The average molecular weight is 332 g/mol. The number of azo groups is 1. The minimum atomic E-state index is 0.375. The summed E-state index contributed by atoms with van der Waals surface area (Å²) in [7, 11) is 0. The van der Waals surface area contributed by atoms with Gasteiger partial charge in [-0.15, -0.1) is 0 Å². The maximum absolute atomic E-state index is 5.57. The number of thiocarbonyl (C=S) groups is 1. The second-order valence-corrected chi connectivity index (χ2v) is 5.59. The molecule has 0 amide bonds. The fourth-order valence-corrected chi connectivity index (χ4v) is 2.24. The highest BCUT2D eigenvalue weighted by molar-refractivity contribution is 7.80. The molecule has 4 nitrogen and oxygen atoms in total. The molecule has 0 fully saturated rings. The van der Waals surface area contributed by atoms with Crippen molar-refractivity contribution in [2.75, 3.05) is 5.32 Å². The molecule has 3 aromatic carbocycles. The van der Waals surface area contributed by atoms with Crippen molar-refractivity contribution in [1.29, 1.82) is 0 Å². The zero-order valence-electron chi connectivity index (χ0n) is 12.9. The van der Waals surface area contributed by atoms with Gasteiger partial charge < -0.3 is 11.1 Å². The van der Waals surface area contributed by atoms with Gasteiger partial charge >= 0.3 is 0 Å². The molecule has 0 aliphatic rings. The first kappa shape index (κ1) is 15.8. The molecule has 0 spiro atoms. The van der Waals surface area contributed by atoms with Gasteiger partial charge in [-0.25, -0.2) is 0 Å². The lowest BCUT2D eigenvalue weighted by Crippen LogP contribution is -2.08. The number of benzene rings is 3. The molecular formula is C19H16N4S. The quantitative estimate of drug-likeness (QED) is 0.480. The van der Waals surface area contributed by atoms with Crippen LogP contribution >= 0.6 is 12.2 Å². The van der Waals surface area contributed by atoms with Crippen molar-refractivity contribution in [2.45, 2.75) is 0 Å². The van der Waals surface area contributed by atoms with Crippen molar-refractivity contribution in [3.63, 3.8) is 0 Å². The molecule has 0 atom stereocenters. The molecule has 0 aromatic heterocycles. The largest absolute Gasteiger partial charge is 0.389 e. The zero-order valence-corrected chi connectivity index (χ0v) is 13.7. The van der Waals surface area contributed by atoms with Gasteiger partial charge in [0.1, 0.15) is 4.99 Å². The van der Waals surface area contributed by atoms with Gasteiger partial charge in [0.2, 0.25) is 0 Å². The van der Waals surface area contributed by atoms with E-state index in [1.807, 2.05) is 78.9 Å². The summed E-state index contributed by atoms with van der Waals surface area (Å²) in [6, 6.07) is 25.1. The summed E-state index contributed by atoms with van der Waals surface area (Å²) in [4.78, 5) is 0.375. The van der Waals surface area contributed by atoms with Crippen LogP contribution in [0.4, 0.5) is 22.7 Å². The Hall–Kier alpha value is -3.05. The van der Waals surface area contributed by atoms with E-state index in [0.717, 1.165) is 28.3 Å².